The van der Waals surface area contributed by atoms with E-state index in [2.05, 4.69) is 0 Å². The van der Waals surface area contributed by atoms with Gasteiger partial charge in [-0.05, 0) is 32.9 Å². The van der Waals surface area contributed by atoms with Gasteiger partial charge in [-0.2, -0.15) is 0 Å². The van der Waals surface area contributed by atoms with Gasteiger partial charge in [-0.15, -0.1) is 0 Å². The first-order chi connectivity index (χ1) is 12.4. The van der Waals surface area contributed by atoms with E-state index in [0.717, 1.165) is 11.4 Å². The van der Waals surface area contributed by atoms with Crippen molar-refractivity contribution in [2.75, 3.05) is 18.5 Å². The van der Waals surface area contributed by atoms with E-state index >= 15 is 0 Å². The number of aliphatic imine (C=N–C) groups is 1. The van der Waals surface area contributed by atoms with Crippen LogP contribution in [0.15, 0.2) is 40.7 Å². The highest BCUT2D eigenvalue weighted by atomic mass is 16.3. The summed E-state index contributed by atoms with van der Waals surface area (Å²) < 4.78 is 0. The molecule has 0 radical (unpaired) electrons. The number of amides is 3. The Kier molecular flexibility index (Phi) is 3.47. The summed E-state index contributed by atoms with van der Waals surface area (Å²) in [6, 6.07) is 6.08. The Bertz CT molecular complexity index is 877. The quantitative estimate of drug-likeness (QED) is 0.874. The van der Waals surface area contributed by atoms with Gasteiger partial charge < -0.3 is 10.0 Å². The summed E-state index contributed by atoms with van der Waals surface area (Å²) in [5, 5.41) is 10.3. The molecule has 8 nitrogen and oxygen atoms in total. The lowest BCUT2D eigenvalue weighted by Gasteiger charge is -2.40. The molecule has 1 N–H and O–H groups in total. The molecule has 26 heavy (non-hydrogen) atoms. The molecular weight excluding hydrogens is 334 g/mol. The number of phenolic OH excluding ortho intramolecular Hbond substituents is 1. The highest BCUT2D eigenvalue weighted by Crippen LogP contribution is 2.42. The molecule has 4 rings (SSSR count). The number of imide groups is 1. The average molecular weight is 355 g/mol. The molecule has 3 aliphatic heterocycles. The van der Waals surface area contributed by atoms with Gasteiger partial charge in [0, 0.05) is 25.0 Å². The minimum absolute atomic E-state index is 0.130. The third-order valence-electron chi connectivity index (χ3n) is 5.33. The summed E-state index contributed by atoms with van der Waals surface area (Å²) >= 11 is 0. The number of rotatable bonds is 2. The number of carbonyl (C=O) groups is 2. The van der Waals surface area contributed by atoms with Gasteiger partial charge in [0.2, 0.25) is 5.96 Å². The predicted octanol–water partition coefficient (Wildman–Crippen LogP) is 1.74. The molecule has 2 atom stereocenters. The summed E-state index contributed by atoms with van der Waals surface area (Å²) in [6.07, 6.45) is -0.579. The lowest BCUT2D eigenvalue weighted by molar-refractivity contribution is -0.136. The van der Waals surface area contributed by atoms with Crippen molar-refractivity contribution in [3.05, 3.63) is 35.7 Å². The average Bonchev–Trinajstić information content (AvgIpc) is 3.11. The van der Waals surface area contributed by atoms with E-state index < -0.39 is 12.2 Å². The first kappa shape index (κ1) is 16.4. The summed E-state index contributed by atoms with van der Waals surface area (Å²) in [5.41, 5.74) is 2.36. The lowest BCUT2D eigenvalue weighted by atomic mass is 10.1. The van der Waals surface area contributed by atoms with Crippen LogP contribution in [0.4, 0.5) is 10.5 Å². The molecule has 3 amide bonds. The zero-order valence-corrected chi connectivity index (χ0v) is 15.2. The number of hydrogen-bond acceptors (Lipinski definition) is 6. The van der Waals surface area contributed by atoms with Crippen LogP contribution in [0.5, 0.6) is 5.75 Å². The summed E-state index contributed by atoms with van der Waals surface area (Å²) in [7, 11) is 1.66. The minimum atomic E-state index is -0.585. The van der Waals surface area contributed by atoms with E-state index in [9.17, 15) is 14.7 Å². The number of urea groups is 1. The van der Waals surface area contributed by atoms with Crippen LogP contribution in [-0.4, -0.2) is 63.5 Å². The fourth-order valence-corrected chi connectivity index (χ4v) is 3.85. The third kappa shape index (κ3) is 1.92. The molecule has 3 heterocycles. The van der Waals surface area contributed by atoms with E-state index in [4.69, 9.17) is 4.99 Å². The molecule has 0 bridgehead atoms. The molecule has 1 aromatic carbocycles. The van der Waals surface area contributed by atoms with Gasteiger partial charge >= 0.3 is 6.03 Å². The Hall–Kier alpha value is -3.03. The zero-order chi connectivity index (χ0) is 18.7. The maximum atomic E-state index is 13.0. The Morgan fingerprint density at radius 3 is 2.50 bits per heavy atom. The molecule has 3 aliphatic rings. The van der Waals surface area contributed by atoms with Crippen molar-refractivity contribution in [3.63, 3.8) is 0 Å². The lowest BCUT2D eigenvalue weighted by Crippen LogP contribution is -2.64. The number of guanidine groups is 1. The van der Waals surface area contributed by atoms with Gasteiger partial charge in [0.15, 0.2) is 12.2 Å². The first-order valence-corrected chi connectivity index (χ1v) is 8.59. The van der Waals surface area contributed by atoms with Crippen LogP contribution in [0, 0.1) is 0 Å². The molecule has 1 saturated heterocycles. The van der Waals surface area contributed by atoms with Crippen molar-refractivity contribution in [1.82, 2.24) is 14.7 Å². The fourth-order valence-electron chi connectivity index (χ4n) is 3.85. The molecule has 8 heteroatoms. The van der Waals surface area contributed by atoms with Crippen molar-refractivity contribution in [1.29, 1.82) is 0 Å². The standard InChI is InChI=1S/C18H21N5O3/c1-5-21-16(25)14-15(20(4)18(21)26)19-17-22(10(2)11(3)23(14)17)12-8-6-7-9-13(12)24/h6-9,14-15,24H,5H2,1-4H3. The molecule has 136 valence electrons. The van der Waals surface area contributed by atoms with Gasteiger partial charge in [0.1, 0.15) is 5.75 Å². The smallest absolute Gasteiger partial charge is 0.328 e. The minimum Gasteiger partial charge on any atom is -0.506 e. The van der Waals surface area contributed by atoms with Gasteiger partial charge in [-0.1, -0.05) is 12.1 Å². The Balaban J connectivity index is 1.83. The largest absolute Gasteiger partial charge is 0.506 e. The number of nitrogens with zero attached hydrogens (tertiary/aromatic N) is 5. The molecule has 0 aliphatic carbocycles. The topological polar surface area (TPSA) is 79.7 Å². The van der Waals surface area contributed by atoms with Crippen LogP contribution in [0.25, 0.3) is 0 Å². The number of phenols is 1. The SMILES string of the molecule is CCN1C(=O)C2C(N=C3N(c4ccccc4O)C(C)=C(C)N32)N(C)C1=O. The van der Waals surface area contributed by atoms with E-state index in [1.807, 2.05) is 29.7 Å². The Labute approximate surface area is 151 Å². The summed E-state index contributed by atoms with van der Waals surface area (Å²) in [6.45, 7) is 5.96. The van der Waals surface area contributed by atoms with Crippen LogP contribution in [-0.2, 0) is 4.79 Å². The van der Waals surface area contributed by atoms with E-state index in [1.165, 1.54) is 9.80 Å². The van der Waals surface area contributed by atoms with Gasteiger partial charge in [0.25, 0.3) is 5.91 Å². The number of benzene rings is 1. The van der Waals surface area contributed by atoms with E-state index in [1.54, 1.807) is 32.2 Å². The number of likely N-dealkylation sites (N-methyl/N-ethyl adjacent to an activating group) is 2. The molecule has 0 spiro atoms. The Morgan fingerprint density at radius 1 is 1.15 bits per heavy atom. The first-order valence-electron chi connectivity index (χ1n) is 8.59. The summed E-state index contributed by atoms with van der Waals surface area (Å²) in [4.78, 5) is 36.6. The number of hydrogen-bond donors (Lipinski definition) is 1. The van der Waals surface area contributed by atoms with Crippen LogP contribution < -0.4 is 4.90 Å². The van der Waals surface area contributed by atoms with Crippen molar-refractivity contribution < 1.29 is 14.7 Å². The number of aromatic hydroxyl groups is 1. The fraction of sp³-hybridized carbons (Fsp3) is 0.389. The van der Waals surface area contributed by atoms with Crippen molar-refractivity contribution >= 4 is 23.6 Å². The van der Waals surface area contributed by atoms with E-state index in [-0.39, 0.29) is 17.7 Å². The normalized spacial score (nSPS) is 25.2. The van der Waals surface area contributed by atoms with Crippen LogP contribution >= 0.6 is 0 Å². The van der Waals surface area contributed by atoms with Crippen molar-refractivity contribution in [3.8, 4) is 5.75 Å². The molecular formula is C18H21N5O3. The van der Waals surface area contributed by atoms with Gasteiger partial charge in [-0.3, -0.25) is 19.5 Å². The third-order valence-corrected chi connectivity index (χ3v) is 5.33. The second kappa shape index (κ2) is 5.48. The number of para-hydroxylation sites is 2. The predicted molar refractivity (Wildman–Crippen MR) is 96.4 cm³/mol. The summed E-state index contributed by atoms with van der Waals surface area (Å²) in [5.74, 6) is 0.443. The van der Waals surface area contributed by atoms with E-state index in [0.29, 0.717) is 18.2 Å². The highest BCUT2D eigenvalue weighted by molar-refractivity contribution is 6.10. The Morgan fingerprint density at radius 2 is 1.85 bits per heavy atom. The number of allylic oxidation sites excluding steroid dienone is 2. The van der Waals surface area contributed by atoms with Crippen LogP contribution in [0.2, 0.25) is 0 Å². The number of fused-ring (bicyclic) bond motifs is 3. The molecule has 0 aromatic heterocycles. The molecule has 2 unspecified atom stereocenters. The molecule has 1 fully saturated rings. The maximum Gasteiger partial charge on any atom is 0.328 e. The monoisotopic (exact) mass is 355 g/mol. The van der Waals surface area contributed by atoms with Crippen molar-refractivity contribution in [2.24, 2.45) is 4.99 Å². The van der Waals surface area contributed by atoms with Crippen LogP contribution in [0.1, 0.15) is 20.8 Å². The van der Waals surface area contributed by atoms with Crippen LogP contribution in [0.3, 0.4) is 0 Å². The second-order valence-corrected chi connectivity index (χ2v) is 6.63. The maximum absolute atomic E-state index is 13.0. The van der Waals surface area contributed by atoms with Gasteiger partial charge in [0.05, 0.1) is 5.69 Å². The number of carbonyl (C=O) groups excluding carboxylic acids is 2. The second-order valence-electron chi connectivity index (χ2n) is 6.63. The molecule has 0 saturated carbocycles. The van der Waals surface area contributed by atoms with Crippen molar-refractivity contribution in [2.45, 2.75) is 33.0 Å². The zero-order valence-electron chi connectivity index (χ0n) is 15.2. The molecule has 1 aromatic rings. The van der Waals surface area contributed by atoms with Gasteiger partial charge in [-0.25, -0.2) is 9.79 Å². The highest BCUT2D eigenvalue weighted by Gasteiger charge is 2.55. The number of anilines is 1.